The average Bonchev–Trinajstić information content (AvgIpc) is 2.78. The number of aromatic carboxylic acids is 1. The quantitative estimate of drug-likeness (QED) is 0.378. The Morgan fingerprint density at radius 2 is 1.58 bits per heavy atom. The maximum Gasteiger partial charge on any atom is 0.336 e. The summed E-state index contributed by atoms with van der Waals surface area (Å²) in [5.41, 5.74) is 1.40. The van der Waals surface area contributed by atoms with Crippen LogP contribution in [0.3, 0.4) is 0 Å². The second kappa shape index (κ2) is 10.5. The number of carbonyl (C=O) groups excluding carboxylic acids is 1. The maximum absolute atomic E-state index is 13.0. The van der Waals surface area contributed by atoms with Crippen LogP contribution in [0.1, 0.15) is 26.3 Å². The van der Waals surface area contributed by atoms with Crippen LogP contribution in [-0.2, 0) is 11.2 Å². The highest BCUT2D eigenvalue weighted by Crippen LogP contribution is 2.28. The minimum atomic E-state index is -1.89. The number of carboxylic acids is 2. The highest BCUT2D eigenvalue weighted by atomic mass is 35.5. The lowest BCUT2D eigenvalue weighted by Gasteiger charge is -2.22. The van der Waals surface area contributed by atoms with Crippen molar-refractivity contribution in [3.8, 4) is 11.1 Å². The Labute approximate surface area is 199 Å². The molecule has 0 aromatic heterocycles. The van der Waals surface area contributed by atoms with Gasteiger partial charge in [0.2, 0.25) is 0 Å². The molecule has 0 aliphatic rings. The molecule has 0 fully saturated rings. The van der Waals surface area contributed by atoms with Crippen molar-refractivity contribution in [3.05, 3.63) is 93.5 Å². The standard InChI is InChI=1S/C24H19Cl2NO6/c25-16-10-14(17-6-2-3-7-18(17)23(30)31)9-15(11-16)22(29)27-20(21(28)24(32)33)12-13-5-1-4-8-19(13)26/h1-11,20-21,28H,12H2,(H,27,29)(H,30,31)(H,32,33)/t20-,21-/m1/s1. The second-order valence-corrected chi connectivity index (χ2v) is 8.08. The molecule has 170 valence electrons. The van der Waals surface area contributed by atoms with Crippen LogP contribution in [0, 0.1) is 0 Å². The van der Waals surface area contributed by atoms with E-state index in [9.17, 15) is 29.7 Å². The summed E-state index contributed by atoms with van der Waals surface area (Å²) >= 11 is 12.3. The van der Waals surface area contributed by atoms with Gasteiger partial charge in [-0.25, -0.2) is 9.59 Å². The molecule has 1 amide bonds. The number of aliphatic carboxylic acids is 1. The molecule has 0 aliphatic heterocycles. The third-order valence-corrected chi connectivity index (χ3v) is 5.56. The number of hydrogen-bond donors (Lipinski definition) is 4. The summed E-state index contributed by atoms with van der Waals surface area (Å²) in [5.74, 6) is -3.33. The van der Waals surface area contributed by atoms with Gasteiger partial charge in [-0.05, 0) is 53.4 Å². The number of aliphatic hydroxyl groups is 1. The molecule has 3 rings (SSSR count). The molecule has 3 aromatic carbocycles. The number of nitrogens with one attached hydrogen (secondary N) is 1. The van der Waals surface area contributed by atoms with Gasteiger partial charge >= 0.3 is 11.9 Å². The third kappa shape index (κ3) is 5.90. The zero-order chi connectivity index (χ0) is 24.1. The number of rotatable bonds is 8. The fourth-order valence-electron chi connectivity index (χ4n) is 3.36. The minimum absolute atomic E-state index is 0.0315. The summed E-state index contributed by atoms with van der Waals surface area (Å²) in [7, 11) is 0. The molecule has 9 heteroatoms. The monoisotopic (exact) mass is 487 g/mol. The van der Waals surface area contributed by atoms with Crippen LogP contribution < -0.4 is 5.32 Å². The highest BCUT2D eigenvalue weighted by Gasteiger charge is 2.29. The van der Waals surface area contributed by atoms with Crippen LogP contribution in [0.15, 0.2) is 66.7 Å². The average molecular weight is 488 g/mol. The maximum atomic E-state index is 13.0. The van der Waals surface area contributed by atoms with Crippen LogP contribution in [0.25, 0.3) is 11.1 Å². The Bertz CT molecular complexity index is 1210. The molecule has 0 saturated carbocycles. The van der Waals surface area contributed by atoms with Crippen molar-refractivity contribution >= 4 is 41.0 Å². The van der Waals surface area contributed by atoms with Crippen molar-refractivity contribution in [1.29, 1.82) is 0 Å². The van der Waals surface area contributed by atoms with Gasteiger partial charge in [-0.2, -0.15) is 0 Å². The van der Waals surface area contributed by atoms with Crippen molar-refractivity contribution in [2.45, 2.75) is 18.6 Å². The van der Waals surface area contributed by atoms with Crippen molar-refractivity contribution in [1.82, 2.24) is 5.32 Å². The smallest absolute Gasteiger partial charge is 0.336 e. The first-order valence-corrected chi connectivity index (χ1v) is 10.5. The lowest BCUT2D eigenvalue weighted by molar-refractivity contribution is -0.148. The molecule has 0 bridgehead atoms. The van der Waals surface area contributed by atoms with Gasteiger partial charge in [0.05, 0.1) is 11.6 Å². The highest BCUT2D eigenvalue weighted by molar-refractivity contribution is 6.31. The number of amides is 1. The first-order chi connectivity index (χ1) is 15.7. The number of halogens is 2. The van der Waals surface area contributed by atoms with Gasteiger partial charge in [-0.3, -0.25) is 4.79 Å². The normalized spacial score (nSPS) is 12.6. The van der Waals surface area contributed by atoms with Gasteiger partial charge in [0.1, 0.15) is 0 Å². The van der Waals surface area contributed by atoms with Gasteiger partial charge in [-0.1, -0.05) is 59.6 Å². The fraction of sp³-hybridized carbons (Fsp3) is 0.125. The van der Waals surface area contributed by atoms with Gasteiger partial charge in [0, 0.05) is 15.6 Å². The molecule has 3 aromatic rings. The summed E-state index contributed by atoms with van der Waals surface area (Å²) < 4.78 is 0. The van der Waals surface area contributed by atoms with Gasteiger partial charge < -0.3 is 20.6 Å². The lowest BCUT2D eigenvalue weighted by atomic mass is 9.97. The number of benzene rings is 3. The second-order valence-electron chi connectivity index (χ2n) is 7.24. The van der Waals surface area contributed by atoms with Crippen LogP contribution in [0.5, 0.6) is 0 Å². The Morgan fingerprint density at radius 3 is 2.24 bits per heavy atom. The molecule has 4 N–H and O–H groups in total. The van der Waals surface area contributed by atoms with Gasteiger partial charge in [0.25, 0.3) is 5.91 Å². The van der Waals surface area contributed by atoms with Crippen LogP contribution in [0.2, 0.25) is 10.0 Å². The first kappa shape index (κ1) is 24.3. The van der Waals surface area contributed by atoms with Crippen molar-refractivity contribution in [2.24, 2.45) is 0 Å². The Morgan fingerprint density at radius 1 is 0.909 bits per heavy atom. The van der Waals surface area contributed by atoms with Crippen molar-refractivity contribution in [3.63, 3.8) is 0 Å². The summed E-state index contributed by atoms with van der Waals surface area (Å²) in [5, 5.41) is 32.0. The number of carboxylic acid groups (broad SMARTS) is 2. The van der Waals surface area contributed by atoms with Gasteiger partial charge in [0.15, 0.2) is 6.10 Å². The molecular weight excluding hydrogens is 469 g/mol. The molecule has 0 saturated heterocycles. The summed E-state index contributed by atoms with van der Waals surface area (Å²) in [6.07, 6.45) is -1.93. The van der Waals surface area contributed by atoms with E-state index >= 15 is 0 Å². The van der Waals surface area contributed by atoms with Crippen molar-refractivity contribution in [2.75, 3.05) is 0 Å². The zero-order valence-electron chi connectivity index (χ0n) is 17.0. The molecule has 7 nitrogen and oxygen atoms in total. The summed E-state index contributed by atoms with van der Waals surface area (Å²) in [6.45, 7) is 0. The van der Waals surface area contributed by atoms with Crippen LogP contribution in [-0.4, -0.2) is 45.3 Å². The molecule has 33 heavy (non-hydrogen) atoms. The van der Waals surface area contributed by atoms with E-state index in [1.165, 1.54) is 24.3 Å². The van der Waals surface area contributed by atoms with Crippen LogP contribution in [0.4, 0.5) is 0 Å². The molecule has 0 heterocycles. The lowest BCUT2D eigenvalue weighted by Crippen LogP contribution is -2.48. The molecule has 0 aliphatic carbocycles. The summed E-state index contributed by atoms with van der Waals surface area (Å²) in [6, 6.07) is 16.1. The molecular formula is C24H19Cl2NO6. The first-order valence-electron chi connectivity index (χ1n) is 9.75. The molecule has 2 atom stereocenters. The summed E-state index contributed by atoms with van der Waals surface area (Å²) in [4.78, 5) is 36.0. The largest absolute Gasteiger partial charge is 0.479 e. The van der Waals surface area contributed by atoms with E-state index in [0.29, 0.717) is 21.7 Å². The number of hydrogen-bond acceptors (Lipinski definition) is 4. The minimum Gasteiger partial charge on any atom is -0.479 e. The Kier molecular flexibility index (Phi) is 7.71. The van der Waals surface area contributed by atoms with Crippen molar-refractivity contribution < 1.29 is 29.7 Å². The predicted octanol–water partition coefficient (Wildman–Crippen LogP) is 4.15. The molecule has 0 spiro atoms. The van der Waals surface area contributed by atoms with E-state index < -0.39 is 30.0 Å². The predicted molar refractivity (Wildman–Crippen MR) is 124 cm³/mol. The zero-order valence-corrected chi connectivity index (χ0v) is 18.5. The molecule has 0 radical (unpaired) electrons. The SMILES string of the molecule is O=C(N[C@H](Cc1ccccc1Cl)[C@@H](O)C(=O)O)c1cc(Cl)cc(-c2ccccc2C(=O)O)c1. The number of carbonyl (C=O) groups is 3. The Hall–Kier alpha value is -3.39. The molecule has 0 unspecified atom stereocenters. The van der Waals surface area contributed by atoms with E-state index in [0.717, 1.165) is 0 Å². The van der Waals surface area contributed by atoms with E-state index in [4.69, 9.17) is 23.2 Å². The van der Waals surface area contributed by atoms with Crippen LogP contribution >= 0.6 is 23.2 Å². The van der Waals surface area contributed by atoms with Gasteiger partial charge in [-0.15, -0.1) is 0 Å². The van der Waals surface area contributed by atoms with E-state index in [2.05, 4.69) is 5.32 Å². The van der Waals surface area contributed by atoms with E-state index in [1.807, 2.05) is 0 Å². The third-order valence-electron chi connectivity index (χ3n) is 4.98. The van der Waals surface area contributed by atoms with E-state index in [1.54, 1.807) is 42.5 Å². The Balaban J connectivity index is 1.94. The fourth-order valence-corrected chi connectivity index (χ4v) is 3.81. The topological polar surface area (TPSA) is 124 Å². The number of aliphatic hydroxyl groups excluding tert-OH is 1. The van der Waals surface area contributed by atoms with E-state index in [-0.39, 0.29) is 22.6 Å².